The molecule has 0 radical (unpaired) electrons. The normalized spacial score (nSPS) is 13.1. The number of aryl methyl sites for hydroxylation is 2. The Hall–Kier alpha value is -2.56. The Balaban J connectivity index is 1.84. The van der Waals surface area contributed by atoms with Gasteiger partial charge in [0.05, 0.1) is 5.56 Å². The van der Waals surface area contributed by atoms with E-state index in [9.17, 15) is 9.59 Å². The van der Waals surface area contributed by atoms with Crippen LogP contribution >= 0.6 is 0 Å². The second-order valence-electron chi connectivity index (χ2n) is 5.93. The van der Waals surface area contributed by atoms with Crippen LogP contribution < -0.4 is 10.2 Å². The summed E-state index contributed by atoms with van der Waals surface area (Å²) in [5.74, 6) is 1.26. The van der Waals surface area contributed by atoms with Crippen molar-refractivity contribution in [2.45, 2.75) is 34.1 Å². The van der Waals surface area contributed by atoms with Gasteiger partial charge in [0.25, 0.3) is 5.91 Å². The van der Waals surface area contributed by atoms with Crippen molar-refractivity contribution in [3.8, 4) is 0 Å². The highest BCUT2D eigenvalue weighted by Crippen LogP contribution is 2.31. The highest BCUT2D eigenvalue weighted by Gasteiger charge is 2.23. The summed E-state index contributed by atoms with van der Waals surface area (Å²) in [7, 11) is 0. The Bertz CT molecular complexity index is 805. The van der Waals surface area contributed by atoms with Crippen LogP contribution in [0.4, 0.5) is 11.4 Å². The fraction of sp³-hybridized carbons (Fsp3) is 0.333. The first-order chi connectivity index (χ1) is 10.9. The lowest BCUT2D eigenvalue weighted by Crippen LogP contribution is -2.25. The van der Waals surface area contributed by atoms with Gasteiger partial charge in [-0.05, 0) is 51.0 Å². The molecule has 1 N–H and O–H groups in total. The van der Waals surface area contributed by atoms with Crippen LogP contribution in [0.5, 0.6) is 0 Å². The molecule has 0 fully saturated rings. The van der Waals surface area contributed by atoms with Crippen molar-refractivity contribution < 1.29 is 14.0 Å². The molecule has 0 saturated heterocycles. The van der Waals surface area contributed by atoms with Crippen molar-refractivity contribution in [3.63, 3.8) is 0 Å². The predicted molar refractivity (Wildman–Crippen MR) is 89.0 cm³/mol. The first-order valence-electron chi connectivity index (χ1n) is 7.67. The number of carbonyl (C=O) groups excluding carboxylic acids is 2. The molecule has 2 heterocycles. The summed E-state index contributed by atoms with van der Waals surface area (Å²) in [6.07, 6.45) is 0.807. The molecule has 2 aromatic rings. The van der Waals surface area contributed by atoms with E-state index in [1.165, 1.54) is 0 Å². The van der Waals surface area contributed by atoms with Crippen LogP contribution in [0.2, 0.25) is 0 Å². The minimum absolute atomic E-state index is 0.0423. The highest BCUT2D eigenvalue weighted by molar-refractivity contribution is 6.06. The Morgan fingerprint density at radius 1 is 1.17 bits per heavy atom. The quantitative estimate of drug-likeness (QED) is 0.925. The molecule has 1 aliphatic rings. The van der Waals surface area contributed by atoms with Crippen LogP contribution in [0.25, 0.3) is 0 Å². The molecule has 0 aliphatic carbocycles. The summed E-state index contributed by atoms with van der Waals surface area (Å²) in [6.45, 7) is 7.79. The molecule has 1 aromatic carbocycles. The van der Waals surface area contributed by atoms with Gasteiger partial charge in [0.15, 0.2) is 0 Å². The number of nitrogens with one attached hydrogen (secondary N) is 1. The molecule has 23 heavy (non-hydrogen) atoms. The summed E-state index contributed by atoms with van der Waals surface area (Å²) in [5, 5.41) is 2.92. The second kappa shape index (κ2) is 5.57. The van der Waals surface area contributed by atoms with Gasteiger partial charge in [-0.1, -0.05) is 0 Å². The third kappa shape index (κ3) is 2.63. The van der Waals surface area contributed by atoms with Crippen molar-refractivity contribution in [2.24, 2.45) is 0 Å². The Kier molecular flexibility index (Phi) is 3.72. The van der Waals surface area contributed by atoms with Crippen LogP contribution in [0.3, 0.4) is 0 Å². The van der Waals surface area contributed by atoms with Gasteiger partial charge >= 0.3 is 0 Å². The van der Waals surface area contributed by atoms with Crippen LogP contribution in [0, 0.1) is 20.8 Å². The van der Waals surface area contributed by atoms with Gasteiger partial charge in [0.2, 0.25) is 5.91 Å². The summed E-state index contributed by atoms with van der Waals surface area (Å²) < 4.78 is 5.51. The molecule has 5 nitrogen and oxygen atoms in total. The van der Waals surface area contributed by atoms with E-state index in [2.05, 4.69) is 5.32 Å². The van der Waals surface area contributed by atoms with E-state index < -0.39 is 0 Å². The minimum Gasteiger partial charge on any atom is -0.466 e. The first-order valence-corrected chi connectivity index (χ1v) is 7.67. The molecular formula is C18H20N2O3. The van der Waals surface area contributed by atoms with Gasteiger partial charge in [-0.15, -0.1) is 0 Å². The smallest absolute Gasteiger partial charge is 0.259 e. The molecule has 120 valence electrons. The lowest BCUT2D eigenvalue weighted by molar-refractivity contribution is -0.116. The summed E-state index contributed by atoms with van der Waals surface area (Å²) >= 11 is 0. The van der Waals surface area contributed by atoms with E-state index in [1.54, 1.807) is 18.7 Å². The van der Waals surface area contributed by atoms with Gasteiger partial charge in [0.1, 0.15) is 11.5 Å². The number of benzene rings is 1. The molecule has 0 spiro atoms. The molecule has 0 bridgehead atoms. The Morgan fingerprint density at radius 3 is 2.52 bits per heavy atom. The number of carbonyl (C=O) groups is 2. The Morgan fingerprint density at radius 2 is 1.91 bits per heavy atom. The zero-order valence-corrected chi connectivity index (χ0v) is 13.8. The largest absolute Gasteiger partial charge is 0.466 e. The third-order valence-electron chi connectivity index (χ3n) is 4.40. The van der Waals surface area contributed by atoms with E-state index in [0.29, 0.717) is 17.9 Å². The maximum Gasteiger partial charge on any atom is 0.259 e. The van der Waals surface area contributed by atoms with Crippen molar-refractivity contribution >= 4 is 23.2 Å². The number of hydrogen-bond acceptors (Lipinski definition) is 3. The number of nitrogens with zero attached hydrogens (tertiary/aromatic N) is 1. The van der Waals surface area contributed by atoms with Crippen LogP contribution in [-0.2, 0) is 11.2 Å². The number of amides is 2. The van der Waals surface area contributed by atoms with E-state index in [0.717, 1.165) is 34.7 Å². The van der Waals surface area contributed by atoms with Crippen molar-refractivity contribution in [3.05, 3.63) is 46.4 Å². The average molecular weight is 312 g/mol. The van der Waals surface area contributed by atoms with Gasteiger partial charge in [-0.3, -0.25) is 9.59 Å². The zero-order chi connectivity index (χ0) is 16.7. The molecule has 2 amide bonds. The predicted octanol–water partition coefficient (Wildman–Crippen LogP) is 3.37. The van der Waals surface area contributed by atoms with E-state index in [-0.39, 0.29) is 11.8 Å². The third-order valence-corrected chi connectivity index (χ3v) is 4.40. The topological polar surface area (TPSA) is 62.6 Å². The lowest BCUT2D eigenvalue weighted by Gasteiger charge is -2.15. The van der Waals surface area contributed by atoms with Crippen molar-refractivity contribution in [1.29, 1.82) is 0 Å². The number of furan rings is 1. The van der Waals surface area contributed by atoms with Crippen molar-refractivity contribution in [1.82, 2.24) is 0 Å². The van der Waals surface area contributed by atoms with Crippen molar-refractivity contribution in [2.75, 3.05) is 16.8 Å². The standard InChI is InChI=1S/C18H20N2O3/c1-10-11(2)23-12(3)17(10)18(22)19-15-5-6-16-14(9-15)7-8-20(16)13(4)21/h5-6,9H,7-8H2,1-4H3,(H,19,22). The summed E-state index contributed by atoms with van der Waals surface area (Å²) in [5.41, 5.74) is 4.20. The number of hydrogen-bond donors (Lipinski definition) is 1. The fourth-order valence-electron chi connectivity index (χ4n) is 3.13. The molecule has 1 aromatic heterocycles. The molecule has 0 atom stereocenters. The first kappa shape index (κ1) is 15.3. The molecule has 1 aliphatic heterocycles. The van der Waals surface area contributed by atoms with Crippen LogP contribution in [-0.4, -0.2) is 18.4 Å². The van der Waals surface area contributed by atoms with Crippen LogP contribution in [0.1, 0.15) is 39.9 Å². The minimum atomic E-state index is -0.168. The van der Waals surface area contributed by atoms with Gasteiger partial charge in [-0.2, -0.15) is 0 Å². The number of rotatable bonds is 2. The second-order valence-corrected chi connectivity index (χ2v) is 5.93. The highest BCUT2D eigenvalue weighted by atomic mass is 16.3. The fourth-order valence-corrected chi connectivity index (χ4v) is 3.13. The molecule has 0 saturated carbocycles. The molecule has 5 heteroatoms. The Labute approximate surface area is 135 Å². The SMILES string of the molecule is CC(=O)N1CCc2cc(NC(=O)c3c(C)oc(C)c3C)ccc21. The van der Waals surface area contributed by atoms with Gasteiger partial charge in [0, 0.05) is 30.4 Å². The average Bonchev–Trinajstić information content (AvgIpc) is 3.00. The maximum atomic E-state index is 12.5. The van der Waals surface area contributed by atoms with E-state index in [1.807, 2.05) is 32.0 Å². The summed E-state index contributed by atoms with van der Waals surface area (Å²) in [6, 6.07) is 5.66. The molecular weight excluding hydrogens is 292 g/mol. The van der Waals surface area contributed by atoms with Crippen LogP contribution in [0.15, 0.2) is 22.6 Å². The maximum absolute atomic E-state index is 12.5. The summed E-state index contributed by atoms with van der Waals surface area (Å²) in [4.78, 5) is 25.8. The molecule has 0 unspecified atom stereocenters. The van der Waals surface area contributed by atoms with Gasteiger partial charge < -0.3 is 14.6 Å². The lowest BCUT2D eigenvalue weighted by atomic mass is 10.1. The number of fused-ring (bicyclic) bond motifs is 1. The van der Waals surface area contributed by atoms with E-state index in [4.69, 9.17) is 4.42 Å². The van der Waals surface area contributed by atoms with Gasteiger partial charge in [-0.25, -0.2) is 0 Å². The van der Waals surface area contributed by atoms with E-state index >= 15 is 0 Å². The zero-order valence-electron chi connectivity index (χ0n) is 13.8. The molecule has 3 rings (SSSR count). The number of anilines is 2. The monoisotopic (exact) mass is 312 g/mol.